The lowest BCUT2D eigenvalue weighted by Gasteiger charge is -2.33. The number of likely N-dealkylation sites (tertiary alicyclic amines) is 1. The average Bonchev–Trinajstić information content (AvgIpc) is 3.02. The molecule has 1 aromatic rings. The van der Waals surface area contributed by atoms with E-state index in [9.17, 15) is 19.2 Å². The first kappa shape index (κ1) is 22.4. The van der Waals surface area contributed by atoms with Gasteiger partial charge in [0.1, 0.15) is 6.04 Å². The second-order valence-electron chi connectivity index (χ2n) is 7.14. The van der Waals surface area contributed by atoms with Crippen molar-refractivity contribution < 1.29 is 24.3 Å². The van der Waals surface area contributed by atoms with Crippen molar-refractivity contribution in [1.29, 1.82) is 0 Å². The molecule has 9 nitrogen and oxygen atoms in total. The third-order valence-electron chi connectivity index (χ3n) is 5.12. The van der Waals surface area contributed by atoms with Gasteiger partial charge in [-0.3, -0.25) is 24.1 Å². The van der Waals surface area contributed by atoms with Crippen LogP contribution >= 0.6 is 0 Å². The number of carboxylic acids is 1. The number of hydrogen-bond donors (Lipinski definition) is 3. The predicted octanol–water partition coefficient (Wildman–Crippen LogP) is 0.962. The lowest BCUT2D eigenvalue weighted by Crippen LogP contribution is -2.53. The van der Waals surface area contributed by atoms with Gasteiger partial charge in [0, 0.05) is 43.2 Å². The maximum atomic E-state index is 12.4. The number of likely N-dealkylation sites (N-methyl/N-ethyl adjacent to an activating group) is 1. The molecule has 29 heavy (non-hydrogen) atoms. The van der Waals surface area contributed by atoms with Gasteiger partial charge in [-0.2, -0.15) is 0 Å². The average molecular weight is 404 g/mol. The highest BCUT2D eigenvalue weighted by molar-refractivity contribution is 6.05. The molecule has 1 aromatic carbocycles. The minimum absolute atomic E-state index is 0.187. The van der Waals surface area contributed by atoms with Gasteiger partial charge in [0.25, 0.3) is 11.8 Å². The summed E-state index contributed by atoms with van der Waals surface area (Å²) in [5, 5.41) is 8.18. The molecule has 2 aliphatic heterocycles. The van der Waals surface area contributed by atoms with Crippen LogP contribution in [-0.4, -0.2) is 58.2 Å². The number of nitrogens with zero attached hydrogens (tertiary/aromatic N) is 2. The van der Waals surface area contributed by atoms with Crippen LogP contribution < -0.4 is 11.5 Å². The standard InChI is InChI=1S/C14H15N3O3.C6H13NO2/c1-16-12(18)6-5-11(14(16)20)17-7-9-8(13(17)19)3-2-4-10(9)15;7-5-3-1-2-4-6(8)9/h2-4,11H,5-7,15H2,1H3;1-5,7H2,(H,8,9). The molecule has 2 heterocycles. The van der Waals surface area contributed by atoms with E-state index in [-0.39, 0.29) is 30.6 Å². The summed E-state index contributed by atoms with van der Waals surface area (Å²) >= 11 is 0. The van der Waals surface area contributed by atoms with E-state index in [0.29, 0.717) is 30.8 Å². The van der Waals surface area contributed by atoms with E-state index >= 15 is 0 Å². The van der Waals surface area contributed by atoms with Gasteiger partial charge in [-0.15, -0.1) is 0 Å². The van der Waals surface area contributed by atoms with Crippen molar-refractivity contribution in [1.82, 2.24) is 9.80 Å². The molecule has 0 spiro atoms. The van der Waals surface area contributed by atoms with Crippen molar-refractivity contribution in [2.45, 2.75) is 51.1 Å². The Labute approximate surface area is 169 Å². The van der Waals surface area contributed by atoms with E-state index in [4.69, 9.17) is 16.6 Å². The predicted molar refractivity (Wildman–Crippen MR) is 107 cm³/mol. The van der Waals surface area contributed by atoms with Crippen LogP contribution in [0, 0.1) is 0 Å². The molecule has 0 aliphatic carbocycles. The van der Waals surface area contributed by atoms with Crippen LogP contribution in [-0.2, 0) is 20.9 Å². The number of imide groups is 1. The first-order valence-electron chi connectivity index (χ1n) is 9.68. The molecule has 3 rings (SSSR count). The molecular weight excluding hydrogens is 376 g/mol. The van der Waals surface area contributed by atoms with E-state index in [1.807, 2.05) is 0 Å². The summed E-state index contributed by atoms with van der Waals surface area (Å²) in [6.07, 6.45) is 3.56. The Morgan fingerprint density at radius 3 is 2.55 bits per heavy atom. The summed E-state index contributed by atoms with van der Waals surface area (Å²) in [6.45, 7) is 0.999. The van der Waals surface area contributed by atoms with Crippen LogP contribution in [0.5, 0.6) is 0 Å². The molecule has 1 saturated heterocycles. The zero-order valence-electron chi connectivity index (χ0n) is 16.6. The highest BCUT2D eigenvalue weighted by atomic mass is 16.4. The lowest BCUT2D eigenvalue weighted by atomic mass is 10.0. The van der Waals surface area contributed by atoms with Crippen LogP contribution in [0.25, 0.3) is 0 Å². The summed E-state index contributed by atoms with van der Waals surface area (Å²) in [6, 6.07) is 4.62. The number of nitrogens with two attached hydrogens (primary N) is 2. The van der Waals surface area contributed by atoms with E-state index in [2.05, 4.69) is 0 Å². The minimum atomic E-state index is -0.716. The van der Waals surface area contributed by atoms with Crippen molar-refractivity contribution in [2.75, 3.05) is 19.3 Å². The van der Waals surface area contributed by atoms with Gasteiger partial charge in [-0.05, 0) is 37.9 Å². The van der Waals surface area contributed by atoms with Crippen LogP contribution in [0.3, 0.4) is 0 Å². The van der Waals surface area contributed by atoms with Gasteiger partial charge in [-0.1, -0.05) is 12.5 Å². The molecule has 0 aromatic heterocycles. The van der Waals surface area contributed by atoms with E-state index < -0.39 is 12.0 Å². The van der Waals surface area contributed by atoms with Crippen molar-refractivity contribution in [3.63, 3.8) is 0 Å². The number of carbonyl (C=O) groups is 4. The van der Waals surface area contributed by atoms with Crippen molar-refractivity contribution >= 4 is 29.4 Å². The summed E-state index contributed by atoms with van der Waals surface area (Å²) in [7, 11) is 1.46. The third kappa shape index (κ3) is 5.32. The number of benzene rings is 1. The summed E-state index contributed by atoms with van der Waals surface area (Å²) in [4.78, 5) is 48.6. The largest absolute Gasteiger partial charge is 0.481 e. The van der Waals surface area contributed by atoms with Crippen LogP contribution in [0.15, 0.2) is 18.2 Å². The molecule has 2 aliphatic rings. The number of aliphatic carboxylic acids is 1. The SMILES string of the molecule is CN1C(=O)CCC(N2Cc3c(N)cccc3C2=O)C1=O.NCCCCCC(=O)O. The second-order valence-corrected chi connectivity index (χ2v) is 7.14. The Morgan fingerprint density at radius 2 is 1.93 bits per heavy atom. The molecule has 0 radical (unpaired) electrons. The Kier molecular flexibility index (Phi) is 7.72. The molecular formula is C20H28N4O5. The normalized spacial score (nSPS) is 18.4. The molecule has 0 saturated carbocycles. The number of anilines is 1. The molecule has 9 heteroatoms. The highest BCUT2D eigenvalue weighted by Gasteiger charge is 2.41. The van der Waals surface area contributed by atoms with Gasteiger partial charge < -0.3 is 21.5 Å². The smallest absolute Gasteiger partial charge is 0.303 e. The van der Waals surface area contributed by atoms with E-state index in [1.54, 1.807) is 18.2 Å². The van der Waals surface area contributed by atoms with Gasteiger partial charge in [0.05, 0.1) is 0 Å². The molecule has 3 amide bonds. The second kappa shape index (κ2) is 10.0. The lowest BCUT2D eigenvalue weighted by molar-refractivity contribution is -0.150. The number of rotatable bonds is 6. The van der Waals surface area contributed by atoms with Crippen LogP contribution in [0.2, 0.25) is 0 Å². The first-order valence-corrected chi connectivity index (χ1v) is 9.68. The maximum absolute atomic E-state index is 12.4. The number of nitrogen functional groups attached to an aromatic ring is 1. The maximum Gasteiger partial charge on any atom is 0.303 e. The summed E-state index contributed by atoms with van der Waals surface area (Å²) in [5.41, 5.74) is 13.0. The molecule has 1 unspecified atom stereocenters. The number of hydrogen-bond acceptors (Lipinski definition) is 6. The number of amides is 3. The fourth-order valence-corrected chi connectivity index (χ4v) is 3.41. The zero-order chi connectivity index (χ0) is 21.6. The quantitative estimate of drug-likeness (QED) is 0.363. The first-order chi connectivity index (χ1) is 13.8. The summed E-state index contributed by atoms with van der Waals surface area (Å²) < 4.78 is 0. The molecule has 1 atom stereocenters. The zero-order valence-corrected chi connectivity index (χ0v) is 16.6. The molecule has 5 N–H and O–H groups in total. The van der Waals surface area contributed by atoms with Gasteiger partial charge in [0.15, 0.2) is 0 Å². The highest BCUT2D eigenvalue weighted by Crippen LogP contribution is 2.31. The van der Waals surface area contributed by atoms with Crippen molar-refractivity contribution in [2.24, 2.45) is 5.73 Å². The number of fused-ring (bicyclic) bond motifs is 1. The van der Waals surface area contributed by atoms with E-state index in [1.165, 1.54) is 11.9 Å². The number of piperidine rings is 1. The fourth-order valence-electron chi connectivity index (χ4n) is 3.41. The Bertz CT molecular complexity index is 795. The molecule has 158 valence electrons. The Morgan fingerprint density at radius 1 is 1.21 bits per heavy atom. The van der Waals surface area contributed by atoms with Crippen LogP contribution in [0.4, 0.5) is 5.69 Å². The van der Waals surface area contributed by atoms with Gasteiger partial charge in [0.2, 0.25) is 5.91 Å². The summed E-state index contributed by atoms with van der Waals surface area (Å²) in [5.74, 6) is -1.42. The molecule has 0 bridgehead atoms. The third-order valence-corrected chi connectivity index (χ3v) is 5.12. The number of unbranched alkanes of at least 4 members (excludes halogenated alkanes) is 2. The van der Waals surface area contributed by atoms with Crippen LogP contribution in [0.1, 0.15) is 54.4 Å². The minimum Gasteiger partial charge on any atom is -0.481 e. The van der Waals surface area contributed by atoms with Gasteiger partial charge in [-0.25, -0.2) is 0 Å². The van der Waals surface area contributed by atoms with E-state index in [0.717, 1.165) is 29.7 Å². The number of carbonyl (C=O) groups excluding carboxylic acids is 3. The topological polar surface area (TPSA) is 147 Å². The fraction of sp³-hybridized carbons (Fsp3) is 0.500. The van der Waals surface area contributed by atoms with Crippen molar-refractivity contribution in [3.8, 4) is 0 Å². The Balaban J connectivity index is 0.000000284. The molecule has 1 fully saturated rings. The monoisotopic (exact) mass is 404 g/mol. The van der Waals surface area contributed by atoms with Crippen molar-refractivity contribution in [3.05, 3.63) is 29.3 Å². The number of carboxylic acid groups (broad SMARTS) is 1. The Hall–Kier alpha value is -2.94. The van der Waals surface area contributed by atoms with Gasteiger partial charge >= 0.3 is 5.97 Å².